The van der Waals surface area contributed by atoms with Crippen LogP contribution in [0.3, 0.4) is 0 Å². The van der Waals surface area contributed by atoms with Crippen LogP contribution in [0.4, 0.5) is 14.5 Å². The van der Waals surface area contributed by atoms with Gasteiger partial charge in [-0.25, -0.2) is 8.78 Å². The van der Waals surface area contributed by atoms with Crippen molar-refractivity contribution in [1.82, 2.24) is 4.90 Å². The van der Waals surface area contributed by atoms with Crippen LogP contribution in [-0.2, 0) is 0 Å². The molecule has 0 spiro atoms. The van der Waals surface area contributed by atoms with Crippen LogP contribution >= 0.6 is 11.3 Å². The van der Waals surface area contributed by atoms with Gasteiger partial charge in [-0.1, -0.05) is 18.2 Å². The second kappa shape index (κ2) is 7.15. The molecule has 1 fully saturated rings. The van der Waals surface area contributed by atoms with Gasteiger partial charge < -0.3 is 14.5 Å². The molecule has 1 aliphatic rings. The van der Waals surface area contributed by atoms with E-state index in [-0.39, 0.29) is 17.5 Å². The molecule has 0 unspecified atom stereocenters. The Hall–Kier alpha value is -2.67. The molecule has 1 saturated heterocycles. The summed E-state index contributed by atoms with van der Waals surface area (Å²) in [4.78, 5) is 17.1. The summed E-state index contributed by atoms with van der Waals surface area (Å²) < 4.78 is 34.2. The van der Waals surface area contributed by atoms with Gasteiger partial charge in [0.1, 0.15) is 16.5 Å². The van der Waals surface area contributed by atoms with Crippen LogP contribution in [0, 0.1) is 11.6 Å². The number of amides is 1. The maximum absolute atomic E-state index is 14.2. The van der Waals surface area contributed by atoms with E-state index >= 15 is 0 Å². The lowest BCUT2D eigenvalue weighted by Crippen LogP contribution is -2.48. The van der Waals surface area contributed by atoms with E-state index in [0.717, 1.165) is 0 Å². The fourth-order valence-corrected chi connectivity index (χ4v) is 4.57. The molecular formula is C20H18F2N2O2S. The zero-order chi connectivity index (χ0) is 19.0. The van der Waals surface area contributed by atoms with Crippen LogP contribution in [0.25, 0.3) is 10.1 Å². The number of carbonyl (C=O) groups excluding carboxylic acids is 1. The highest BCUT2D eigenvalue weighted by Crippen LogP contribution is 2.40. The molecule has 4 nitrogen and oxygen atoms in total. The summed E-state index contributed by atoms with van der Waals surface area (Å²) in [7, 11) is 1.45. The SMILES string of the molecule is COc1c(C(=O)N2CCN(c3ccccc3F)CC2)sc2cccc(F)c12. The molecule has 3 aromatic rings. The fourth-order valence-electron chi connectivity index (χ4n) is 3.42. The average molecular weight is 388 g/mol. The second-order valence-corrected chi connectivity index (χ2v) is 7.36. The molecular weight excluding hydrogens is 370 g/mol. The lowest BCUT2D eigenvalue weighted by Gasteiger charge is -2.36. The highest BCUT2D eigenvalue weighted by molar-refractivity contribution is 7.21. The molecule has 0 radical (unpaired) electrons. The Morgan fingerprint density at radius 2 is 1.70 bits per heavy atom. The summed E-state index contributed by atoms with van der Waals surface area (Å²) in [5, 5.41) is 0.346. The maximum Gasteiger partial charge on any atom is 0.267 e. The Morgan fingerprint density at radius 1 is 1.00 bits per heavy atom. The number of methoxy groups -OCH3 is 1. The molecule has 2 heterocycles. The largest absolute Gasteiger partial charge is 0.494 e. The molecule has 7 heteroatoms. The van der Waals surface area contributed by atoms with Gasteiger partial charge in [-0.2, -0.15) is 0 Å². The number of hydrogen-bond donors (Lipinski definition) is 0. The van der Waals surface area contributed by atoms with Crippen LogP contribution in [0.15, 0.2) is 42.5 Å². The van der Waals surface area contributed by atoms with Crippen LogP contribution < -0.4 is 9.64 Å². The van der Waals surface area contributed by atoms with Crippen molar-refractivity contribution in [3.05, 3.63) is 59.0 Å². The van der Waals surface area contributed by atoms with E-state index in [1.165, 1.54) is 30.6 Å². The van der Waals surface area contributed by atoms with E-state index in [1.807, 2.05) is 4.90 Å². The van der Waals surface area contributed by atoms with Crippen LogP contribution in [0.1, 0.15) is 9.67 Å². The number of anilines is 1. The molecule has 140 valence electrons. The van der Waals surface area contributed by atoms with Crippen molar-refractivity contribution in [2.24, 2.45) is 0 Å². The van der Waals surface area contributed by atoms with Gasteiger partial charge in [-0.15, -0.1) is 11.3 Å². The molecule has 27 heavy (non-hydrogen) atoms. The van der Waals surface area contributed by atoms with E-state index in [1.54, 1.807) is 35.2 Å². The minimum Gasteiger partial charge on any atom is -0.494 e. The van der Waals surface area contributed by atoms with Crippen molar-refractivity contribution >= 4 is 33.0 Å². The van der Waals surface area contributed by atoms with Gasteiger partial charge in [0.15, 0.2) is 5.75 Å². The summed E-state index contributed by atoms with van der Waals surface area (Å²) in [6.07, 6.45) is 0. The summed E-state index contributed by atoms with van der Waals surface area (Å²) in [6.45, 7) is 2.00. The third-order valence-electron chi connectivity index (χ3n) is 4.78. The van der Waals surface area contributed by atoms with E-state index in [4.69, 9.17) is 4.74 Å². The number of fused-ring (bicyclic) bond motifs is 1. The zero-order valence-corrected chi connectivity index (χ0v) is 15.6. The Kier molecular flexibility index (Phi) is 4.70. The van der Waals surface area contributed by atoms with E-state index in [9.17, 15) is 13.6 Å². The van der Waals surface area contributed by atoms with Crippen molar-refractivity contribution < 1.29 is 18.3 Å². The molecule has 0 bridgehead atoms. The summed E-state index contributed by atoms with van der Waals surface area (Å²) >= 11 is 1.23. The Morgan fingerprint density at radius 3 is 2.41 bits per heavy atom. The molecule has 0 atom stereocenters. The molecule has 1 aromatic heterocycles. The summed E-state index contributed by atoms with van der Waals surface area (Å²) in [5.41, 5.74) is 0.547. The smallest absolute Gasteiger partial charge is 0.267 e. The number of nitrogens with zero attached hydrogens (tertiary/aromatic N) is 2. The van der Waals surface area contributed by atoms with Crippen molar-refractivity contribution in [3.63, 3.8) is 0 Å². The number of carbonyl (C=O) groups is 1. The quantitative estimate of drug-likeness (QED) is 0.676. The minimum absolute atomic E-state index is 0.180. The van der Waals surface area contributed by atoms with Crippen LogP contribution in [-0.4, -0.2) is 44.1 Å². The van der Waals surface area contributed by atoms with Crippen molar-refractivity contribution in [2.75, 3.05) is 38.2 Å². The molecule has 2 aromatic carbocycles. The third-order valence-corrected chi connectivity index (χ3v) is 5.90. The van der Waals surface area contributed by atoms with Gasteiger partial charge in [-0.05, 0) is 24.3 Å². The normalized spacial score (nSPS) is 14.6. The highest BCUT2D eigenvalue weighted by atomic mass is 32.1. The number of ether oxygens (including phenoxy) is 1. The lowest BCUT2D eigenvalue weighted by atomic mass is 10.2. The Bertz CT molecular complexity index is 997. The maximum atomic E-state index is 14.2. The van der Waals surface area contributed by atoms with E-state index < -0.39 is 5.82 Å². The van der Waals surface area contributed by atoms with Gasteiger partial charge in [0.25, 0.3) is 5.91 Å². The first-order valence-electron chi connectivity index (χ1n) is 8.64. The molecule has 0 saturated carbocycles. The molecule has 4 rings (SSSR count). The summed E-state index contributed by atoms with van der Waals surface area (Å²) in [6, 6.07) is 11.4. The van der Waals surface area contributed by atoms with Crippen molar-refractivity contribution in [3.8, 4) is 5.75 Å². The predicted octanol–water partition coefficient (Wildman–Crippen LogP) is 4.15. The molecule has 1 amide bonds. The number of rotatable bonds is 3. The second-order valence-electron chi connectivity index (χ2n) is 6.31. The van der Waals surface area contributed by atoms with Crippen molar-refractivity contribution in [1.29, 1.82) is 0 Å². The van der Waals surface area contributed by atoms with Crippen LogP contribution in [0.2, 0.25) is 0 Å². The number of halogens is 2. The standard InChI is InChI=1S/C20H18F2N2O2S/c1-26-18-17-14(22)6-4-8-16(17)27-19(18)20(25)24-11-9-23(10-12-24)15-7-3-2-5-13(15)21/h2-8H,9-12H2,1H3. The topological polar surface area (TPSA) is 32.8 Å². The molecule has 0 aliphatic carbocycles. The van der Waals surface area contributed by atoms with Gasteiger partial charge in [0.2, 0.25) is 0 Å². The van der Waals surface area contributed by atoms with Crippen LogP contribution in [0.5, 0.6) is 5.75 Å². The number of benzene rings is 2. The van der Waals surface area contributed by atoms with Gasteiger partial charge in [0.05, 0.1) is 18.2 Å². The first-order valence-corrected chi connectivity index (χ1v) is 9.45. The first kappa shape index (κ1) is 17.7. The fraction of sp³-hybridized carbons (Fsp3) is 0.250. The average Bonchev–Trinajstić information content (AvgIpc) is 3.08. The number of hydrogen-bond acceptors (Lipinski definition) is 4. The minimum atomic E-state index is -0.399. The predicted molar refractivity (Wildman–Crippen MR) is 103 cm³/mol. The Balaban J connectivity index is 1.56. The summed E-state index contributed by atoms with van der Waals surface area (Å²) in [5.74, 6) is -0.557. The molecule has 1 aliphatic heterocycles. The van der Waals surface area contributed by atoms with Gasteiger partial charge in [-0.3, -0.25) is 4.79 Å². The zero-order valence-electron chi connectivity index (χ0n) is 14.7. The molecule has 0 N–H and O–H groups in total. The van der Waals surface area contributed by atoms with Gasteiger partial charge in [0, 0.05) is 30.9 Å². The number of para-hydroxylation sites is 1. The first-order chi connectivity index (χ1) is 13.1. The third kappa shape index (κ3) is 3.12. The van der Waals surface area contributed by atoms with E-state index in [0.29, 0.717) is 46.8 Å². The number of piperazine rings is 1. The number of thiophene rings is 1. The van der Waals surface area contributed by atoms with Gasteiger partial charge >= 0.3 is 0 Å². The lowest BCUT2D eigenvalue weighted by molar-refractivity contribution is 0.0748. The monoisotopic (exact) mass is 388 g/mol. The van der Waals surface area contributed by atoms with E-state index in [2.05, 4.69) is 0 Å². The van der Waals surface area contributed by atoms with Crippen molar-refractivity contribution in [2.45, 2.75) is 0 Å². The highest BCUT2D eigenvalue weighted by Gasteiger charge is 2.28. The Labute approximate surface area is 159 Å².